The largest absolute Gasteiger partial charge is 0.370 e. The molecule has 0 aliphatic carbocycles. The van der Waals surface area contributed by atoms with Gasteiger partial charge in [0.1, 0.15) is 0 Å². The van der Waals surface area contributed by atoms with Gasteiger partial charge in [0.05, 0.1) is 0 Å². The number of allylic oxidation sites excluding steroid dienone is 1. The summed E-state index contributed by atoms with van der Waals surface area (Å²) in [5, 5.41) is 0. The maximum atomic E-state index is 4.27. The molecule has 0 saturated carbocycles. The minimum absolute atomic E-state index is 0. The van der Waals surface area contributed by atoms with Crippen LogP contribution in [-0.4, -0.2) is 16.2 Å². The maximum absolute atomic E-state index is 4.27. The third-order valence-electron chi connectivity index (χ3n) is 2.47. The first kappa shape index (κ1) is 13.3. The Hall–Kier alpha value is -1.19. The van der Waals surface area contributed by atoms with Crippen molar-refractivity contribution < 1.29 is 32.7 Å². The molecule has 1 radical (unpaired) electrons. The Bertz CT molecular complexity index is 574. The predicted molar refractivity (Wildman–Crippen MR) is 66.1 cm³/mol. The average Bonchev–Trinajstić information content (AvgIpc) is 2.94. The molecule has 3 rings (SSSR count). The Morgan fingerprint density at radius 1 is 1.06 bits per heavy atom. The van der Waals surface area contributed by atoms with Crippen molar-refractivity contribution in [3.05, 3.63) is 54.4 Å². The second-order valence-corrected chi connectivity index (χ2v) is 3.61. The van der Waals surface area contributed by atoms with Crippen LogP contribution in [-0.2, 0) is 32.7 Å². The van der Waals surface area contributed by atoms with Crippen LogP contribution in [0.1, 0.15) is 12.0 Å². The van der Waals surface area contributed by atoms with Gasteiger partial charge in [-0.3, -0.25) is 16.6 Å². The Morgan fingerprint density at radius 2 is 2.00 bits per heavy atom. The van der Waals surface area contributed by atoms with E-state index in [-0.39, 0.29) is 32.7 Å². The summed E-state index contributed by atoms with van der Waals surface area (Å²) in [6, 6.07) is 9.62. The molecule has 0 N–H and O–H groups in total. The van der Waals surface area contributed by atoms with E-state index in [1.54, 1.807) is 6.20 Å². The minimum Gasteiger partial charge on any atom is -0.370 e. The molecular weight excluding hydrogens is 299 g/mol. The molecule has 0 unspecified atom stereocenters. The number of nitrogens with zero attached hydrogens (tertiary/aromatic N) is 3. The predicted octanol–water partition coefficient (Wildman–Crippen LogP) is 2.56. The van der Waals surface area contributed by atoms with E-state index in [0.29, 0.717) is 0 Å². The van der Waals surface area contributed by atoms with Crippen LogP contribution in [0.25, 0.3) is 17.1 Å². The number of rotatable bonds is 2. The molecule has 85 valence electrons. The van der Waals surface area contributed by atoms with Gasteiger partial charge in [-0.2, -0.15) is 5.70 Å². The van der Waals surface area contributed by atoms with Crippen LogP contribution in [0.3, 0.4) is 0 Å². The Balaban J connectivity index is 0.00000120. The number of hydrogen-bond donors (Lipinski definition) is 0. The molecule has 3 heterocycles. The summed E-state index contributed by atoms with van der Waals surface area (Å²) in [6.45, 7) is 0. The van der Waals surface area contributed by atoms with Crippen molar-refractivity contribution in [3.8, 4) is 11.4 Å². The number of pyridine rings is 2. The molecule has 18 heavy (non-hydrogen) atoms. The molecular formula is C14H9N3Y-2. The fourth-order valence-electron chi connectivity index (χ4n) is 1.64. The summed E-state index contributed by atoms with van der Waals surface area (Å²) >= 11 is 0. The van der Waals surface area contributed by atoms with Crippen molar-refractivity contribution >= 4 is 11.9 Å². The molecule has 0 saturated heterocycles. The average molecular weight is 308 g/mol. The molecule has 0 bridgehead atoms. The van der Waals surface area contributed by atoms with Gasteiger partial charge in [0.2, 0.25) is 0 Å². The van der Waals surface area contributed by atoms with Crippen LogP contribution in [0, 0.1) is 12.3 Å². The summed E-state index contributed by atoms with van der Waals surface area (Å²) < 4.78 is 0. The Labute approximate surface area is 131 Å². The van der Waals surface area contributed by atoms with E-state index < -0.39 is 0 Å². The van der Waals surface area contributed by atoms with Gasteiger partial charge in [-0.15, -0.1) is 12.3 Å². The van der Waals surface area contributed by atoms with Gasteiger partial charge in [-0.1, -0.05) is 12.5 Å². The number of aliphatic imine (C=N–C) groups is 1. The topological polar surface area (TPSA) is 38.1 Å². The molecule has 0 amide bonds. The third kappa shape index (κ3) is 2.79. The summed E-state index contributed by atoms with van der Waals surface area (Å²) in [6.07, 6.45) is 10.5. The number of aromatic nitrogens is 2. The SMILES string of the molecule is [C-]1=C(c2[c-]nc(-c3ccccn3)cc2)N=CC1.[Y]. The molecule has 1 aliphatic rings. The third-order valence-corrected chi connectivity index (χ3v) is 2.47. The standard InChI is InChI=1S/C14H9N3.Y/c1-2-8-16-13(4-1)14-7-6-11(10-17-14)12-5-3-9-15-12;/h1-2,4,6-9H,3H2;/q-2;. The fourth-order valence-corrected chi connectivity index (χ4v) is 1.64. The molecule has 0 atom stereocenters. The van der Waals surface area contributed by atoms with Gasteiger partial charge < -0.3 is 9.98 Å². The van der Waals surface area contributed by atoms with E-state index in [0.717, 1.165) is 29.1 Å². The van der Waals surface area contributed by atoms with Crippen LogP contribution < -0.4 is 0 Å². The van der Waals surface area contributed by atoms with Crippen LogP contribution in [0.15, 0.2) is 41.5 Å². The van der Waals surface area contributed by atoms with Gasteiger partial charge in [0.15, 0.2) is 0 Å². The maximum Gasteiger partial charge on any atom is 0.0465 e. The first-order chi connectivity index (χ1) is 8.43. The Morgan fingerprint density at radius 3 is 2.61 bits per heavy atom. The van der Waals surface area contributed by atoms with Gasteiger partial charge in [-0.25, -0.2) is 6.07 Å². The second kappa shape index (κ2) is 6.12. The molecule has 0 fully saturated rings. The van der Waals surface area contributed by atoms with E-state index in [1.165, 1.54) is 0 Å². The quantitative estimate of drug-likeness (QED) is 0.800. The minimum atomic E-state index is 0. The number of hydrogen-bond acceptors (Lipinski definition) is 3. The Kier molecular flexibility index (Phi) is 4.50. The van der Waals surface area contributed by atoms with Crippen molar-refractivity contribution in [1.82, 2.24) is 9.97 Å². The fraction of sp³-hybridized carbons (Fsp3) is 0.0714. The molecule has 0 aromatic carbocycles. The monoisotopic (exact) mass is 308 g/mol. The van der Waals surface area contributed by atoms with E-state index >= 15 is 0 Å². The van der Waals surface area contributed by atoms with Crippen LogP contribution in [0.2, 0.25) is 0 Å². The van der Waals surface area contributed by atoms with Crippen molar-refractivity contribution in [1.29, 1.82) is 0 Å². The van der Waals surface area contributed by atoms with E-state index in [2.05, 4.69) is 27.2 Å². The first-order valence-corrected chi connectivity index (χ1v) is 5.37. The summed E-state index contributed by atoms with van der Waals surface area (Å²) in [5.41, 5.74) is 3.36. The van der Waals surface area contributed by atoms with Gasteiger partial charge in [0, 0.05) is 50.3 Å². The van der Waals surface area contributed by atoms with Crippen molar-refractivity contribution in [3.63, 3.8) is 0 Å². The molecule has 0 spiro atoms. The van der Waals surface area contributed by atoms with Crippen LogP contribution in [0.5, 0.6) is 0 Å². The van der Waals surface area contributed by atoms with Gasteiger partial charge >= 0.3 is 0 Å². The molecule has 4 heteroatoms. The van der Waals surface area contributed by atoms with Crippen molar-refractivity contribution in [2.24, 2.45) is 4.99 Å². The van der Waals surface area contributed by atoms with Crippen molar-refractivity contribution in [2.75, 3.05) is 0 Å². The van der Waals surface area contributed by atoms with Crippen LogP contribution >= 0.6 is 0 Å². The summed E-state index contributed by atoms with van der Waals surface area (Å²) in [5.74, 6) is 0. The molecule has 2 aromatic heterocycles. The van der Waals surface area contributed by atoms with E-state index in [9.17, 15) is 0 Å². The zero-order valence-corrected chi connectivity index (χ0v) is 12.5. The van der Waals surface area contributed by atoms with Gasteiger partial charge in [-0.05, 0) is 18.3 Å². The zero-order valence-electron chi connectivity index (χ0n) is 9.67. The summed E-state index contributed by atoms with van der Waals surface area (Å²) in [4.78, 5) is 12.7. The zero-order chi connectivity index (χ0) is 11.5. The van der Waals surface area contributed by atoms with Gasteiger partial charge in [0.25, 0.3) is 0 Å². The van der Waals surface area contributed by atoms with Crippen molar-refractivity contribution in [2.45, 2.75) is 6.42 Å². The molecule has 1 aliphatic heterocycles. The molecule has 2 aromatic rings. The van der Waals surface area contributed by atoms with Crippen LogP contribution in [0.4, 0.5) is 0 Å². The summed E-state index contributed by atoms with van der Waals surface area (Å²) in [7, 11) is 0. The van der Waals surface area contributed by atoms with E-state index in [1.807, 2.05) is 36.5 Å². The molecule has 3 nitrogen and oxygen atoms in total. The van der Waals surface area contributed by atoms with E-state index in [4.69, 9.17) is 0 Å². The smallest absolute Gasteiger partial charge is 0.0465 e. The normalized spacial score (nSPS) is 13.0. The first-order valence-electron chi connectivity index (χ1n) is 5.37. The second-order valence-electron chi connectivity index (χ2n) is 3.61.